The molecule has 1 amide bonds. The van der Waals surface area contributed by atoms with Crippen molar-refractivity contribution in [3.8, 4) is 0 Å². The topological polar surface area (TPSA) is 67.0 Å². The van der Waals surface area contributed by atoms with Crippen LogP contribution in [0, 0.1) is 0 Å². The number of hydrogen-bond donors (Lipinski definition) is 2. The minimum atomic E-state index is -2.67. The maximum Gasteiger partial charge on any atom is 0.254 e. The number of aromatic amines is 1. The summed E-state index contributed by atoms with van der Waals surface area (Å²) in [7, 11) is 0. The first-order valence-electron chi connectivity index (χ1n) is 7.85. The number of carbonyl (C=O) groups is 1. The van der Waals surface area contributed by atoms with Gasteiger partial charge in [0.15, 0.2) is 0 Å². The Bertz CT molecular complexity index is 527. The molecule has 122 valence electrons. The Morgan fingerprint density at radius 1 is 1.36 bits per heavy atom. The summed E-state index contributed by atoms with van der Waals surface area (Å²) in [6.07, 6.45) is 3.85. The van der Waals surface area contributed by atoms with Gasteiger partial charge in [0.1, 0.15) is 0 Å². The van der Waals surface area contributed by atoms with E-state index in [0.29, 0.717) is 31.6 Å². The molecule has 1 atom stereocenters. The number of amides is 1. The maximum atomic E-state index is 13.4. The molecule has 5 nitrogen and oxygen atoms in total. The van der Waals surface area contributed by atoms with Gasteiger partial charge >= 0.3 is 0 Å². The van der Waals surface area contributed by atoms with Crippen LogP contribution < -0.4 is 5.32 Å². The van der Waals surface area contributed by atoms with Crippen LogP contribution >= 0.6 is 0 Å². The van der Waals surface area contributed by atoms with E-state index < -0.39 is 12.0 Å². The summed E-state index contributed by atoms with van der Waals surface area (Å²) in [5.74, 6) is -2.77. The first-order chi connectivity index (χ1) is 10.6. The van der Waals surface area contributed by atoms with Crippen LogP contribution in [0.25, 0.3) is 0 Å². The molecule has 1 unspecified atom stereocenters. The van der Waals surface area contributed by atoms with Gasteiger partial charge < -0.3 is 10.1 Å². The van der Waals surface area contributed by atoms with Crippen LogP contribution in [0.1, 0.15) is 60.5 Å². The summed E-state index contributed by atoms with van der Waals surface area (Å²) >= 11 is 0. The van der Waals surface area contributed by atoms with E-state index in [1.165, 1.54) is 6.20 Å². The Kier molecular flexibility index (Phi) is 4.42. The van der Waals surface area contributed by atoms with Crippen molar-refractivity contribution in [3.05, 3.63) is 17.5 Å². The third-order valence-corrected chi connectivity index (χ3v) is 4.52. The lowest BCUT2D eigenvalue weighted by Crippen LogP contribution is -2.42. The normalized spacial score (nSPS) is 25.8. The molecule has 2 N–H and O–H groups in total. The molecule has 1 aromatic heterocycles. The van der Waals surface area contributed by atoms with Gasteiger partial charge in [-0.3, -0.25) is 9.89 Å². The smallest absolute Gasteiger partial charge is 0.254 e. The van der Waals surface area contributed by atoms with Crippen molar-refractivity contribution in [1.29, 1.82) is 0 Å². The molecule has 3 rings (SSSR count). The molecular weight excluding hydrogens is 292 g/mol. The van der Waals surface area contributed by atoms with E-state index in [1.807, 2.05) is 0 Å². The number of halogens is 2. The largest absolute Gasteiger partial charge is 0.381 e. The summed E-state index contributed by atoms with van der Waals surface area (Å²) in [4.78, 5) is 12.4. The zero-order valence-electron chi connectivity index (χ0n) is 12.4. The molecular formula is C15H21F2N3O2. The predicted molar refractivity (Wildman–Crippen MR) is 76.1 cm³/mol. The highest BCUT2D eigenvalue weighted by atomic mass is 19.3. The summed E-state index contributed by atoms with van der Waals surface area (Å²) in [5.41, 5.74) is 1.27. The van der Waals surface area contributed by atoms with E-state index in [0.717, 1.165) is 18.5 Å². The number of aromatic nitrogens is 2. The number of rotatable bonds is 3. The van der Waals surface area contributed by atoms with Crippen LogP contribution in [-0.4, -0.2) is 41.3 Å². The minimum absolute atomic E-state index is 0.0849. The van der Waals surface area contributed by atoms with E-state index in [4.69, 9.17) is 4.74 Å². The molecule has 1 aliphatic heterocycles. The summed E-state index contributed by atoms with van der Waals surface area (Å²) in [5, 5.41) is 9.61. The van der Waals surface area contributed by atoms with Crippen LogP contribution in [0.4, 0.5) is 8.78 Å². The van der Waals surface area contributed by atoms with Crippen LogP contribution in [0.2, 0.25) is 0 Å². The molecule has 1 saturated carbocycles. The number of ether oxygens (including phenoxy) is 1. The highest BCUT2D eigenvalue weighted by Crippen LogP contribution is 2.33. The van der Waals surface area contributed by atoms with Gasteiger partial charge in [0.25, 0.3) is 5.91 Å². The number of H-pyrrole nitrogens is 1. The molecule has 2 aliphatic rings. The lowest BCUT2D eigenvalue weighted by Gasteiger charge is -2.29. The van der Waals surface area contributed by atoms with Gasteiger partial charge in [-0.2, -0.15) is 5.10 Å². The monoisotopic (exact) mass is 313 g/mol. The summed E-state index contributed by atoms with van der Waals surface area (Å²) in [6.45, 7) is 1.33. The Morgan fingerprint density at radius 3 is 2.86 bits per heavy atom. The van der Waals surface area contributed by atoms with Gasteiger partial charge in [0.05, 0.1) is 17.5 Å². The first-order valence-corrected chi connectivity index (χ1v) is 7.85. The molecule has 22 heavy (non-hydrogen) atoms. The molecule has 0 aromatic carbocycles. The fraction of sp³-hybridized carbons (Fsp3) is 0.733. The first kappa shape index (κ1) is 15.4. The predicted octanol–water partition coefficient (Wildman–Crippen LogP) is 2.61. The second kappa shape index (κ2) is 6.32. The molecule has 7 heteroatoms. The highest BCUT2D eigenvalue weighted by Gasteiger charge is 2.37. The Balaban J connectivity index is 1.66. The molecule has 1 aliphatic carbocycles. The minimum Gasteiger partial charge on any atom is -0.381 e. The summed E-state index contributed by atoms with van der Waals surface area (Å²) in [6, 6.07) is -0.464. The fourth-order valence-corrected chi connectivity index (χ4v) is 3.33. The quantitative estimate of drug-likeness (QED) is 0.901. The maximum absolute atomic E-state index is 13.4. The fourth-order valence-electron chi connectivity index (χ4n) is 3.33. The third kappa shape index (κ3) is 3.45. The number of nitrogens with zero attached hydrogens (tertiary/aromatic N) is 1. The zero-order valence-corrected chi connectivity index (χ0v) is 12.4. The van der Waals surface area contributed by atoms with Crippen molar-refractivity contribution in [1.82, 2.24) is 15.5 Å². The van der Waals surface area contributed by atoms with Crippen molar-refractivity contribution >= 4 is 5.91 Å². The van der Waals surface area contributed by atoms with E-state index in [1.54, 1.807) is 0 Å². The molecule has 2 heterocycles. The highest BCUT2D eigenvalue weighted by molar-refractivity contribution is 5.95. The number of hydrogen-bond acceptors (Lipinski definition) is 3. The number of carbonyl (C=O) groups excluding carboxylic acids is 1. The van der Waals surface area contributed by atoms with Crippen LogP contribution in [0.5, 0.6) is 0 Å². The SMILES string of the molecule is O=C(NC1CCCC(F)(F)C1)c1cn[nH]c1C1CCOCC1. The third-order valence-electron chi connectivity index (χ3n) is 4.52. The van der Waals surface area contributed by atoms with Gasteiger partial charge in [-0.15, -0.1) is 0 Å². The lowest BCUT2D eigenvalue weighted by atomic mass is 9.91. The molecule has 1 aromatic rings. The Hall–Kier alpha value is -1.50. The van der Waals surface area contributed by atoms with Gasteiger partial charge in [-0.1, -0.05) is 0 Å². The number of nitrogens with one attached hydrogen (secondary N) is 2. The standard InChI is InChI=1S/C15H21F2N3O2/c16-15(17)5-1-2-11(8-15)19-14(21)12-9-18-20-13(12)10-3-6-22-7-4-10/h9-11H,1-8H2,(H,18,20)(H,19,21). The molecule has 0 radical (unpaired) electrons. The number of alkyl halides is 2. The molecule has 2 fully saturated rings. The second-order valence-electron chi connectivity index (χ2n) is 6.21. The van der Waals surface area contributed by atoms with E-state index >= 15 is 0 Å². The van der Waals surface area contributed by atoms with Gasteiger partial charge in [0.2, 0.25) is 5.92 Å². The van der Waals surface area contributed by atoms with Gasteiger partial charge in [0, 0.05) is 38.0 Å². The molecule has 1 saturated heterocycles. The van der Waals surface area contributed by atoms with E-state index in [9.17, 15) is 13.6 Å². The van der Waals surface area contributed by atoms with Crippen molar-refractivity contribution in [2.24, 2.45) is 0 Å². The Labute approximate surface area is 127 Å². The summed E-state index contributed by atoms with van der Waals surface area (Å²) < 4.78 is 32.2. The van der Waals surface area contributed by atoms with Crippen molar-refractivity contribution in [2.75, 3.05) is 13.2 Å². The van der Waals surface area contributed by atoms with E-state index in [2.05, 4.69) is 15.5 Å². The zero-order chi connectivity index (χ0) is 15.6. The van der Waals surface area contributed by atoms with Gasteiger partial charge in [-0.05, 0) is 25.7 Å². The Morgan fingerprint density at radius 2 is 2.14 bits per heavy atom. The van der Waals surface area contributed by atoms with Crippen LogP contribution in [0.3, 0.4) is 0 Å². The van der Waals surface area contributed by atoms with E-state index in [-0.39, 0.29) is 24.7 Å². The van der Waals surface area contributed by atoms with Crippen molar-refractivity contribution in [2.45, 2.75) is 56.4 Å². The second-order valence-corrected chi connectivity index (χ2v) is 6.21. The lowest BCUT2D eigenvalue weighted by molar-refractivity contribution is -0.0429. The molecule has 0 spiro atoms. The average molecular weight is 313 g/mol. The van der Waals surface area contributed by atoms with Gasteiger partial charge in [-0.25, -0.2) is 8.78 Å². The molecule has 0 bridgehead atoms. The van der Waals surface area contributed by atoms with Crippen molar-refractivity contribution in [3.63, 3.8) is 0 Å². The van der Waals surface area contributed by atoms with Crippen LogP contribution in [0.15, 0.2) is 6.20 Å². The van der Waals surface area contributed by atoms with Crippen LogP contribution in [-0.2, 0) is 4.74 Å². The van der Waals surface area contributed by atoms with Crippen molar-refractivity contribution < 1.29 is 18.3 Å². The average Bonchev–Trinajstić information content (AvgIpc) is 2.96.